The molecule has 1 heterocycles. The van der Waals surface area contributed by atoms with Crippen LogP contribution >= 0.6 is 0 Å². The second-order valence-electron chi connectivity index (χ2n) is 8.00. The molecule has 1 aromatic carbocycles. The monoisotopic (exact) mass is 374 g/mol. The largest absolute Gasteiger partial charge is 0.465 e. The third kappa shape index (κ3) is 4.83. The Hall–Kier alpha value is -1.92. The molecule has 5 nitrogen and oxygen atoms in total. The number of hydrogen-bond acceptors (Lipinski definition) is 4. The summed E-state index contributed by atoms with van der Waals surface area (Å²) >= 11 is 0. The van der Waals surface area contributed by atoms with Crippen LogP contribution in [0.4, 0.5) is 0 Å². The third-order valence-corrected chi connectivity index (χ3v) is 6.17. The first-order chi connectivity index (χ1) is 12.1. The zero-order valence-corrected chi connectivity index (χ0v) is 18.0. The summed E-state index contributed by atoms with van der Waals surface area (Å²) in [6.07, 6.45) is 1.84. The van der Waals surface area contributed by atoms with E-state index in [1.54, 1.807) is 0 Å². The zero-order valence-electron chi connectivity index (χ0n) is 17.0. The minimum absolute atomic E-state index is 0.321. The highest BCUT2D eigenvalue weighted by Gasteiger charge is 2.18. The first-order valence-electron chi connectivity index (χ1n) is 8.94. The topological polar surface area (TPSA) is 53.3 Å². The molecule has 2 rings (SSSR count). The molecule has 0 spiro atoms. The van der Waals surface area contributed by atoms with Gasteiger partial charge in [0.15, 0.2) is 0 Å². The summed E-state index contributed by atoms with van der Waals surface area (Å²) in [7, 11) is 0.293. The quantitative estimate of drug-likeness (QED) is 0.404. The highest BCUT2D eigenvalue weighted by atomic mass is 28.3. The van der Waals surface area contributed by atoms with E-state index in [2.05, 4.69) is 24.7 Å². The molecule has 6 heteroatoms. The van der Waals surface area contributed by atoms with Gasteiger partial charge in [0.1, 0.15) is 6.73 Å². The highest BCUT2D eigenvalue weighted by molar-refractivity contribution is 6.76. The molecule has 0 aliphatic heterocycles. The summed E-state index contributed by atoms with van der Waals surface area (Å²) in [5.74, 6) is -0.321. The maximum Gasteiger partial charge on any atom is 0.338 e. The molecule has 0 aliphatic rings. The SMILES string of the molecule is COC(=O)c1cc(-c2c(C)cnn2COCC[Si](C)(C)C)c(C)cc1C. The van der Waals surface area contributed by atoms with E-state index in [0.29, 0.717) is 12.3 Å². The van der Waals surface area contributed by atoms with E-state index in [1.807, 2.05) is 43.8 Å². The Morgan fingerprint density at radius 3 is 2.42 bits per heavy atom. The lowest BCUT2D eigenvalue weighted by molar-refractivity contribution is 0.0600. The second-order valence-corrected chi connectivity index (χ2v) is 13.6. The van der Waals surface area contributed by atoms with Crippen molar-refractivity contribution in [1.29, 1.82) is 0 Å². The lowest BCUT2D eigenvalue weighted by atomic mass is 9.96. The Morgan fingerprint density at radius 2 is 1.81 bits per heavy atom. The van der Waals surface area contributed by atoms with Gasteiger partial charge in [-0.1, -0.05) is 25.7 Å². The predicted octanol–water partition coefficient (Wildman–Crippen LogP) is 4.57. The Kier molecular flexibility index (Phi) is 6.42. The first kappa shape index (κ1) is 20.4. The van der Waals surface area contributed by atoms with E-state index in [9.17, 15) is 4.79 Å². The van der Waals surface area contributed by atoms with E-state index < -0.39 is 8.07 Å². The van der Waals surface area contributed by atoms with E-state index >= 15 is 0 Å². The van der Waals surface area contributed by atoms with Crippen molar-refractivity contribution in [3.05, 3.63) is 40.6 Å². The number of aromatic nitrogens is 2. The molecule has 142 valence electrons. The standard InChI is InChI=1S/C20H30N2O3Si/c1-14-10-15(2)18(20(23)24-4)11-17(14)19-16(3)12-21-22(19)13-25-8-9-26(5,6)7/h10-12H,8-9,13H2,1-7H3. The van der Waals surface area contributed by atoms with Gasteiger partial charge < -0.3 is 9.47 Å². The van der Waals surface area contributed by atoms with E-state index in [1.165, 1.54) is 7.11 Å². The van der Waals surface area contributed by atoms with Crippen molar-refractivity contribution >= 4 is 14.0 Å². The van der Waals surface area contributed by atoms with E-state index in [0.717, 1.165) is 40.6 Å². The molecular formula is C20H30N2O3Si. The predicted molar refractivity (Wildman–Crippen MR) is 107 cm³/mol. The molecule has 0 atom stereocenters. The third-order valence-electron chi connectivity index (χ3n) is 4.46. The Labute approximate surface area is 157 Å². The van der Waals surface area contributed by atoms with Gasteiger partial charge >= 0.3 is 5.97 Å². The van der Waals surface area contributed by atoms with Crippen LogP contribution in [0, 0.1) is 20.8 Å². The number of esters is 1. The van der Waals surface area contributed by atoms with Gasteiger partial charge in [-0.15, -0.1) is 0 Å². The van der Waals surface area contributed by atoms with Gasteiger partial charge in [0.2, 0.25) is 0 Å². The van der Waals surface area contributed by atoms with Crippen LogP contribution in [-0.4, -0.2) is 37.5 Å². The van der Waals surface area contributed by atoms with Crippen LogP contribution in [0.1, 0.15) is 27.0 Å². The Morgan fingerprint density at radius 1 is 1.12 bits per heavy atom. The number of ether oxygens (including phenoxy) is 2. The minimum atomic E-state index is -1.11. The molecule has 0 amide bonds. The average Bonchev–Trinajstić information content (AvgIpc) is 2.91. The fraction of sp³-hybridized carbons (Fsp3) is 0.500. The molecule has 0 unspecified atom stereocenters. The molecular weight excluding hydrogens is 344 g/mol. The van der Waals surface area contributed by atoms with Crippen LogP contribution in [0.15, 0.2) is 18.3 Å². The van der Waals surface area contributed by atoms with Crippen molar-refractivity contribution in [3.8, 4) is 11.3 Å². The van der Waals surface area contributed by atoms with E-state index in [-0.39, 0.29) is 5.97 Å². The van der Waals surface area contributed by atoms with Crippen LogP contribution in [0.5, 0.6) is 0 Å². The molecule has 0 N–H and O–H groups in total. The number of benzene rings is 1. The summed E-state index contributed by atoms with van der Waals surface area (Å²) in [6, 6.07) is 5.04. The number of carbonyl (C=O) groups excluding carboxylic acids is 1. The van der Waals surface area contributed by atoms with Crippen molar-refractivity contribution in [2.75, 3.05) is 13.7 Å². The van der Waals surface area contributed by atoms with E-state index in [4.69, 9.17) is 9.47 Å². The van der Waals surface area contributed by atoms with Gasteiger partial charge in [-0.2, -0.15) is 5.10 Å². The maximum absolute atomic E-state index is 12.1. The lowest BCUT2D eigenvalue weighted by Gasteiger charge is -2.17. The van der Waals surface area contributed by atoms with Crippen molar-refractivity contribution < 1.29 is 14.3 Å². The molecule has 0 bridgehead atoms. The molecule has 0 fully saturated rings. The Bertz CT molecular complexity index is 791. The Balaban J connectivity index is 2.32. The number of methoxy groups -OCH3 is 1. The number of carbonyl (C=O) groups is 1. The fourth-order valence-electron chi connectivity index (χ4n) is 2.89. The van der Waals surface area contributed by atoms with Crippen LogP contribution in [-0.2, 0) is 16.2 Å². The average molecular weight is 375 g/mol. The smallest absolute Gasteiger partial charge is 0.338 e. The summed E-state index contributed by atoms with van der Waals surface area (Å²) in [6.45, 7) is 14.2. The number of aryl methyl sites for hydroxylation is 3. The van der Waals surface area contributed by atoms with Gasteiger partial charge in [-0.3, -0.25) is 0 Å². The summed E-state index contributed by atoms with van der Waals surface area (Å²) in [5, 5.41) is 4.47. The lowest BCUT2D eigenvalue weighted by Crippen LogP contribution is -2.22. The molecule has 0 aliphatic carbocycles. The maximum atomic E-state index is 12.1. The molecule has 0 radical (unpaired) electrons. The van der Waals surface area contributed by atoms with Gasteiger partial charge in [0.25, 0.3) is 0 Å². The molecule has 0 saturated carbocycles. The molecule has 2 aromatic rings. The number of nitrogens with zero attached hydrogens (tertiary/aromatic N) is 2. The van der Waals surface area contributed by atoms with Crippen LogP contribution in [0.25, 0.3) is 11.3 Å². The highest BCUT2D eigenvalue weighted by Crippen LogP contribution is 2.29. The second kappa shape index (κ2) is 8.18. The fourth-order valence-corrected chi connectivity index (χ4v) is 3.65. The minimum Gasteiger partial charge on any atom is -0.465 e. The zero-order chi connectivity index (χ0) is 19.5. The number of rotatable bonds is 7. The van der Waals surface area contributed by atoms with Crippen LogP contribution < -0.4 is 0 Å². The van der Waals surface area contributed by atoms with Crippen LogP contribution in [0.3, 0.4) is 0 Å². The first-order valence-corrected chi connectivity index (χ1v) is 12.6. The normalized spacial score (nSPS) is 11.7. The molecule has 1 aromatic heterocycles. The number of hydrogen-bond donors (Lipinski definition) is 0. The summed E-state index contributed by atoms with van der Waals surface area (Å²) < 4.78 is 12.7. The summed E-state index contributed by atoms with van der Waals surface area (Å²) in [4.78, 5) is 12.1. The van der Waals surface area contributed by atoms with Crippen molar-refractivity contribution in [2.24, 2.45) is 0 Å². The van der Waals surface area contributed by atoms with Crippen LogP contribution in [0.2, 0.25) is 25.7 Å². The van der Waals surface area contributed by atoms with Gasteiger partial charge in [-0.25, -0.2) is 9.48 Å². The van der Waals surface area contributed by atoms with Gasteiger partial charge in [-0.05, 0) is 49.6 Å². The van der Waals surface area contributed by atoms with Gasteiger partial charge in [0.05, 0.1) is 24.6 Å². The van der Waals surface area contributed by atoms with Crippen molar-refractivity contribution in [1.82, 2.24) is 9.78 Å². The van der Waals surface area contributed by atoms with Crippen molar-refractivity contribution in [2.45, 2.75) is 53.2 Å². The van der Waals surface area contributed by atoms with Gasteiger partial charge in [0, 0.05) is 20.2 Å². The summed E-state index contributed by atoms with van der Waals surface area (Å²) in [5.41, 5.74) is 5.62. The molecule has 26 heavy (non-hydrogen) atoms. The molecule has 0 saturated heterocycles. The van der Waals surface area contributed by atoms with Crippen molar-refractivity contribution in [3.63, 3.8) is 0 Å².